The molecule has 0 heterocycles. The Balaban J connectivity index is 2.95. The quantitative estimate of drug-likeness (QED) is 0.764. The van der Waals surface area contributed by atoms with Crippen LogP contribution >= 0.6 is 0 Å². The van der Waals surface area contributed by atoms with Crippen molar-refractivity contribution >= 4 is 5.97 Å². The maximum absolute atomic E-state index is 11.0. The molecule has 0 saturated heterocycles. The Morgan fingerprint density at radius 3 is 2.41 bits per heavy atom. The van der Waals surface area contributed by atoms with E-state index < -0.39 is 5.97 Å². The van der Waals surface area contributed by atoms with E-state index >= 15 is 0 Å². The first-order valence-corrected chi connectivity index (χ1v) is 5.08. The van der Waals surface area contributed by atoms with Gasteiger partial charge in [0.25, 0.3) is 0 Å². The van der Waals surface area contributed by atoms with Crippen LogP contribution in [-0.2, 0) is 15.9 Å². The van der Waals surface area contributed by atoms with E-state index in [4.69, 9.17) is 19.3 Å². The number of methoxy groups -OCH3 is 3. The largest absolute Gasteiger partial charge is 0.496 e. The molecule has 5 heteroatoms. The molecule has 0 amide bonds. The van der Waals surface area contributed by atoms with Crippen LogP contribution in [0.15, 0.2) is 18.2 Å². The molecule has 1 rings (SSSR count). The van der Waals surface area contributed by atoms with Crippen LogP contribution in [0, 0.1) is 0 Å². The monoisotopic (exact) mass is 240 g/mol. The summed E-state index contributed by atoms with van der Waals surface area (Å²) < 4.78 is 15.1. The lowest BCUT2D eigenvalue weighted by Gasteiger charge is -2.14. The SMILES string of the molecule is COc1ccc(CC(OC)OC)cc1C(=O)O. The minimum Gasteiger partial charge on any atom is -0.496 e. The minimum absolute atomic E-state index is 0.135. The van der Waals surface area contributed by atoms with Gasteiger partial charge in [0, 0.05) is 20.6 Å². The van der Waals surface area contributed by atoms with Crippen molar-refractivity contribution in [3.63, 3.8) is 0 Å². The molecule has 1 aromatic carbocycles. The number of benzene rings is 1. The van der Waals surface area contributed by atoms with Crippen molar-refractivity contribution < 1.29 is 24.1 Å². The third-order valence-corrected chi connectivity index (χ3v) is 2.42. The second kappa shape index (κ2) is 6.22. The van der Waals surface area contributed by atoms with E-state index in [1.807, 2.05) is 0 Å². The van der Waals surface area contributed by atoms with Gasteiger partial charge >= 0.3 is 5.97 Å². The summed E-state index contributed by atoms with van der Waals surface area (Å²) in [5.41, 5.74) is 0.952. The molecule has 0 aliphatic carbocycles. The number of ether oxygens (including phenoxy) is 3. The summed E-state index contributed by atoms with van der Waals surface area (Å²) in [4.78, 5) is 11.0. The van der Waals surface area contributed by atoms with Gasteiger partial charge in [-0.3, -0.25) is 0 Å². The normalized spacial score (nSPS) is 10.6. The fraction of sp³-hybridized carbons (Fsp3) is 0.417. The number of carboxylic acid groups (broad SMARTS) is 1. The maximum Gasteiger partial charge on any atom is 0.339 e. The molecule has 0 aliphatic rings. The fourth-order valence-electron chi connectivity index (χ4n) is 1.50. The average molecular weight is 240 g/mol. The van der Waals surface area contributed by atoms with Crippen LogP contribution in [0.4, 0.5) is 0 Å². The van der Waals surface area contributed by atoms with E-state index in [1.165, 1.54) is 21.3 Å². The summed E-state index contributed by atoms with van der Waals surface area (Å²) in [5.74, 6) is -0.678. The van der Waals surface area contributed by atoms with Gasteiger partial charge in [-0.05, 0) is 17.7 Å². The zero-order chi connectivity index (χ0) is 12.8. The Bertz CT molecular complexity index is 384. The molecule has 1 aromatic rings. The first-order valence-electron chi connectivity index (χ1n) is 5.08. The number of aromatic carboxylic acids is 1. The van der Waals surface area contributed by atoms with E-state index in [9.17, 15) is 4.79 Å². The third kappa shape index (κ3) is 3.44. The van der Waals surface area contributed by atoms with Gasteiger partial charge in [-0.25, -0.2) is 4.79 Å². The summed E-state index contributed by atoms with van der Waals surface area (Å²) in [7, 11) is 4.51. The molecule has 0 spiro atoms. The Morgan fingerprint density at radius 1 is 1.29 bits per heavy atom. The number of hydrogen-bond acceptors (Lipinski definition) is 4. The molecule has 0 fully saturated rings. The lowest BCUT2D eigenvalue weighted by atomic mass is 10.1. The molecule has 0 unspecified atom stereocenters. The summed E-state index contributed by atoms with van der Waals surface area (Å²) in [5, 5.41) is 9.03. The Morgan fingerprint density at radius 2 is 1.94 bits per heavy atom. The molecule has 0 bridgehead atoms. The molecular formula is C12H16O5. The average Bonchev–Trinajstić information content (AvgIpc) is 2.35. The van der Waals surface area contributed by atoms with Crippen molar-refractivity contribution in [2.24, 2.45) is 0 Å². The zero-order valence-electron chi connectivity index (χ0n) is 10.1. The van der Waals surface area contributed by atoms with Crippen LogP contribution in [0.3, 0.4) is 0 Å². The van der Waals surface area contributed by atoms with Crippen LogP contribution < -0.4 is 4.74 Å². The van der Waals surface area contributed by atoms with Gasteiger partial charge in [0.05, 0.1) is 7.11 Å². The topological polar surface area (TPSA) is 65.0 Å². The van der Waals surface area contributed by atoms with Gasteiger partial charge in [0.1, 0.15) is 11.3 Å². The standard InChI is InChI=1S/C12H16O5/c1-15-10-5-4-8(6-9(10)12(13)14)7-11(16-2)17-3/h4-6,11H,7H2,1-3H3,(H,13,14). The van der Waals surface area contributed by atoms with Gasteiger partial charge in [0.2, 0.25) is 0 Å². The highest BCUT2D eigenvalue weighted by Crippen LogP contribution is 2.21. The van der Waals surface area contributed by atoms with E-state index in [1.54, 1.807) is 18.2 Å². The van der Waals surface area contributed by atoms with Gasteiger partial charge in [-0.2, -0.15) is 0 Å². The van der Waals surface area contributed by atoms with Crippen LogP contribution in [-0.4, -0.2) is 38.7 Å². The smallest absolute Gasteiger partial charge is 0.339 e. The van der Waals surface area contributed by atoms with Crippen molar-refractivity contribution in [1.29, 1.82) is 0 Å². The Hall–Kier alpha value is -1.59. The third-order valence-electron chi connectivity index (χ3n) is 2.42. The molecule has 0 atom stereocenters. The maximum atomic E-state index is 11.0. The molecule has 5 nitrogen and oxygen atoms in total. The molecule has 0 radical (unpaired) electrons. The minimum atomic E-state index is -1.02. The molecule has 0 saturated carbocycles. The summed E-state index contributed by atoms with van der Waals surface area (Å²) in [6.07, 6.45) is 0.0992. The van der Waals surface area contributed by atoms with E-state index in [2.05, 4.69) is 0 Å². The number of carboxylic acids is 1. The Kier molecular flexibility index (Phi) is 4.93. The zero-order valence-corrected chi connectivity index (χ0v) is 10.1. The van der Waals surface area contributed by atoms with E-state index in [0.717, 1.165) is 5.56 Å². The molecular weight excluding hydrogens is 224 g/mol. The Labute approximate surface area is 99.9 Å². The van der Waals surface area contributed by atoms with Gasteiger partial charge in [-0.1, -0.05) is 6.07 Å². The fourth-order valence-corrected chi connectivity index (χ4v) is 1.50. The highest BCUT2D eigenvalue weighted by Gasteiger charge is 2.13. The summed E-state index contributed by atoms with van der Waals surface area (Å²) in [6.45, 7) is 0. The lowest BCUT2D eigenvalue weighted by Crippen LogP contribution is -2.16. The van der Waals surface area contributed by atoms with Crippen LogP contribution in [0.25, 0.3) is 0 Å². The molecule has 17 heavy (non-hydrogen) atoms. The summed E-state index contributed by atoms with van der Waals surface area (Å²) >= 11 is 0. The first-order chi connectivity index (χ1) is 8.12. The van der Waals surface area contributed by atoms with E-state index in [0.29, 0.717) is 12.2 Å². The second-order valence-corrected chi connectivity index (χ2v) is 3.44. The molecule has 94 valence electrons. The predicted octanol–water partition coefficient (Wildman–Crippen LogP) is 1.55. The second-order valence-electron chi connectivity index (χ2n) is 3.44. The van der Waals surface area contributed by atoms with Crippen LogP contribution in [0.1, 0.15) is 15.9 Å². The highest BCUT2D eigenvalue weighted by atomic mass is 16.7. The predicted molar refractivity (Wildman–Crippen MR) is 61.5 cm³/mol. The van der Waals surface area contributed by atoms with Gasteiger partial charge in [0.15, 0.2) is 6.29 Å². The number of rotatable bonds is 6. The van der Waals surface area contributed by atoms with Crippen molar-refractivity contribution in [2.45, 2.75) is 12.7 Å². The number of hydrogen-bond donors (Lipinski definition) is 1. The van der Waals surface area contributed by atoms with Crippen LogP contribution in [0.5, 0.6) is 5.75 Å². The first kappa shape index (κ1) is 13.5. The summed E-state index contributed by atoms with van der Waals surface area (Å²) in [6, 6.07) is 4.98. The molecule has 0 aliphatic heterocycles. The van der Waals surface area contributed by atoms with Crippen LogP contribution in [0.2, 0.25) is 0 Å². The highest BCUT2D eigenvalue weighted by molar-refractivity contribution is 5.91. The molecule has 1 N–H and O–H groups in total. The van der Waals surface area contributed by atoms with Crippen molar-refractivity contribution in [3.05, 3.63) is 29.3 Å². The van der Waals surface area contributed by atoms with Crippen molar-refractivity contribution in [1.82, 2.24) is 0 Å². The van der Waals surface area contributed by atoms with Gasteiger partial charge in [-0.15, -0.1) is 0 Å². The van der Waals surface area contributed by atoms with E-state index in [-0.39, 0.29) is 11.9 Å². The van der Waals surface area contributed by atoms with Crippen molar-refractivity contribution in [2.75, 3.05) is 21.3 Å². The van der Waals surface area contributed by atoms with Crippen molar-refractivity contribution in [3.8, 4) is 5.75 Å². The lowest BCUT2D eigenvalue weighted by molar-refractivity contribution is -0.100. The number of carbonyl (C=O) groups is 1. The van der Waals surface area contributed by atoms with Gasteiger partial charge < -0.3 is 19.3 Å². The molecule has 0 aromatic heterocycles.